The average Bonchev–Trinajstić information content (AvgIpc) is 2.97. The molecule has 7 heteroatoms. The van der Waals surface area contributed by atoms with E-state index in [9.17, 15) is 4.79 Å². The lowest BCUT2D eigenvalue weighted by atomic mass is 9.89. The maximum atomic E-state index is 12.3. The Labute approximate surface area is 145 Å². The molecule has 1 atom stereocenters. The lowest BCUT2D eigenvalue weighted by molar-refractivity contribution is -0.119. The molecule has 1 aliphatic heterocycles. The molecule has 0 saturated carbocycles. The van der Waals surface area contributed by atoms with Crippen LogP contribution in [-0.4, -0.2) is 34.6 Å². The number of nitrogens with one attached hydrogen (secondary N) is 1. The van der Waals surface area contributed by atoms with Crippen LogP contribution in [0.15, 0.2) is 28.8 Å². The van der Waals surface area contributed by atoms with Crippen molar-refractivity contribution in [1.29, 1.82) is 0 Å². The molecule has 0 bridgehead atoms. The van der Waals surface area contributed by atoms with E-state index < -0.39 is 0 Å². The third-order valence-corrected chi connectivity index (χ3v) is 4.67. The zero-order valence-electron chi connectivity index (χ0n) is 14.4. The van der Waals surface area contributed by atoms with Crippen LogP contribution in [0.4, 0.5) is 11.5 Å². The van der Waals surface area contributed by atoms with Crippen LogP contribution in [-0.2, 0) is 4.79 Å². The Morgan fingerprint density at radius 3 is 2.92 bits per heavy atom. The van der Waals surface area contributed by atoms with Gasteiger partial charge in [-0.05, 0) is 25.5 Å². The van der Waals surface area contributed by atoms with Crippen molar-refractivity contribution in [2.24, 2.45) is 0 Å². The second kappa shape index (κ2) is 5.84. The zero-order chi connectivity index (χ0) is 17.6. The maximum Gasteiger partial charge on any atom is 0.263 e. The molecule has 3 aromatic rings. The highest BCUT2D eigenvalue weighted by molar-refractivity contribution is 5.96. The topological polar surface area (TPSA) is 84.2 Å². The van der Waals surface area contributed by atoms with E-state index in [0.29, 0.717) is 30.3 Å². The highest BCUT2D eigenvalue weighted by Gasteiger charge is 2.29. The number of para-hydroxylation sites is 1. The molecule has 0 saturated heterocycles. The van der Waals surface area contributed by atoms with Gasteiger partial charge in [-0.3, -0.25) is 4.79 Å². The first-order valence-electron chi connectivity index (χ1n) is 8.24. The Balaban J connectivity index is 1.65. The van der Waals surface area contributed by atoms with Crippen LogP contribution < -0.4 is 10.2 Å². The van der Waals surface area contributed by atoms with Crippen molar-refractivity contribution < 1.29 is 9.32 Å². The highest BCUT2D eigenvalue weighted by Crippen LogP contribution is 2.35. The van der Waals surface area contributed by atoms with Gasteiger partial charge >= 0.3 is 0 Å². The summed E-state index contributed by atoms with van der Waals surface area (Å²) in [6.45, 7) is 4.29. The van der Waals surface area contributed by atoms with E-state index in [1.165, 1.54) is 5.56 Å². The minimum atomic E-state index is 0.0883. The Bertz CT molecular complexity index is 965. The molecule has 0 aliphatic carbocycles. The third kappa shape index (κ3) is 2.61. The number of aryl methyl sites for hydroxylation is 2. The molecule has 1 N–H and O–H groups in total. The van der Waals surface area contributed by atoms with Crippen LogP contribution >= 0.6 is 0 Å². The summed E-state index contributed by atoms with van der Waals surface area (Å²) in [6.07, 6.45) is 0.469. The van der Waals surface area contributed by atoms with E-state index in [4.69, 9.17) is 4.52 Å². The van der Waals surface area contributed by atoms with E-state index in [0.717, 1.165) is 16.8 Å². The van der Waals surface area contributed by atoms with E-state index in [-0.39, 0.29) is 11.8 Å². The summed E-state index contributed by atoms with van der Waals surface area (Å²) in [5.74, 6) is 1.53. The van der Waals surface area contributed by atoms with E-state index >= 15 is 0 Å². The monoisotopic (exact) mass is 337 g/mol. The normalized spacial score (nSPS) is 17.0. The minimum Gasteiger partial charge on any atom is -0.369 e. The molecule has 1 amide bonds. The van der Waals surface area contributed by atoms with E-state index in [2.05, 4.69) is 26.5 Å². The van der Waals surface area contributed by atoms with Crippen molar-refractivity contribution in [3.63, 3.8) is 0 Å². The van der Waals surface area contributed by atoms with Crippen LogP contribution in [0.2, 0.25) is 0 Å². The fraction of sp³-hybridized carbons (Fsp3) is 0.333. The molecule has 0 spiro atoms. The molecule has 0 radical (unpaired) electrons. The van der Waals surface area contributed by atoms with Crippen molar-refractivity contribution in [2.75, 3.05) is 23.8 Å². The molecular weight excluding hydrogens is 318 g/mol. The molecule has 1 aliphatic rings. The molecule has 2 aromatic heterocycles. The summed E-state index contributed by atoms with van der Waals surface area (Å²) in [5, 5.41) is 8.14. The van der Waals surface area contributed by atoms with Gasteiger partial charge in [0.25, 0.3) is 5.71 Å². The lowest BCUT2D eigenvalue weighted by Gasteiger charge is -2.31. The van der Waals surface area contributed by atoms with Gasteiger partial charge in [0, 0.05) is 31.6 Å². The van der Waals surface area contributed by atoms with Gasteiger partial charge in [0.2, 0.25) is 5.91 Å². The first-order valence-corrected chi connectivity index (χ1v) is 8.24. The average molecular weight is 337 g/mol. The van der Waals surface area contributed by atoms with Crippen LogP contribution in [0, 0.1) is 13.8 Å². The van der Waals surface area contributed by atoms with Crippen LogP contribution in [0.25, 0.3) is 11.1 Å². The highest BCUT2D eigenvalue weighted by atomic mass is 16.5. The molecule has 4 rings (SSSR count). The number of aromatic nitrogens is 3. The van der Waals surface area contributed by atoms with Crippen LogP contribution in [0.1, 0.15) is 29.4 Å². The number of anilines is 2. The standard InChI is InChI=1S/C18H19N5O2/c1-10-16-17(20-11(2)21-18(16)25-22-10)19-9-12-8-15(24)23(3)14-7-5-4-6-13(12)14/h4-7,12H,8-9H2,1-3H3,(H,19,20,21)/t12-/m0/s1. The van der Waals surface area contributed by atoms with Crippen molar-refractivity contribution in [3.8, 4) is 0 Å². The number of rotatable bonds is 3. The van der Waals surface area contributed by atoms with Gasteiger partial charge < -0.3 is 14.7 Å². The summed E-state index contributed by atoms with van der Waals surface area (Å²) in [5.41, 5.74) is 3.36. The fourth-order valence-electron chi connectivity index (χ4n) is 3.36. The van der Waals surface area contributed by atoms with E-state index in [1.807, 2.05) is 39.1 Å². The number of hydrogen-bond acceptors (Lipinski definition) is 6. The van der Waals surface area contributed by atoms with Gasteiger partial charge in [0.1, 0.15) is 17.0 Å². The number of fused-ring (bicyclic) bond motifs is 2. The molecule has 7 nitrogen and oxygen atoms in total. The minimum absolute atomic E-state index is 0.0883. The zero-order valence-corrected chi connectivity index (χ0v) is 14.4. The number of benzene rings is 1. The Kier molecular flexibility index (Phi) is 3.63. The Morgan fingerprint density at radius 1 is 1.28 bits per heavy atom. The van der Waals surface area contributed by atoms with E-state index in [1.54, 1.807) is 4.90 Å². The molecule has 1 aromatic carbocycles. The summed E-state index contributed by atoms with van der Waals surface area (Å²) < 4.78 is 5.25. The van der Waals surface area contributed by atoms with Gasteiger partial charge in [-0.2, -0.15) is 4.98 Å². The molecule has 25 heavy (non-hydrogen) atoms. The quantitative estimate of drug-likeness (QED) is 0.791. The van der Waals surface area contributed by atoms with Gasteiger partial charge in [0.05, 0.1) is 5.69 Å². The SMILES string of the molecule is Cc1nc(NC[C@@H]2CC(=O)N(C)c3ccccc32)c2c(C)noc2n1. The van der Waals surface area contributed by atoms with Crippen LogP contribution in [0.5, 0.6) is 0 Å². The molecule has 3 heterocycles. The molecular formula is C18H19N5O2. The predicted molar refractivity (Wildman–Crippen MR) is 94.8 cm³/mol. The Hall–Kier alpha value is -2.96. The number of carbonyl (C=O) groups excluding carboxylic acids is 1. The second-order valence-corrected chi connectivity index (χ2v) is 6.36. The van der Waals surface area contributed by atoms with Crippen molar-refractivity contribution in [3.05, 3.63) is 41.3 Å². The lowest BCUT2D eigenvalue weighted by Crippen LogP contribution is -2.35. The number of amides is 1. The summed E-state index contributed by atoms with van der Waals surface area (Å²) in [4.78, 5) is 22.8. The maximum absolute atomic E-state index is 12.3. The Morgan fingerprint density at radius 2 is 2.08 bits per heavy atom. The largest absolute Gasteiger partial charge is 0.369 e. The molecule has 0 unspecified atom stereocenters. The fourth-order valence-corrected chi connectivity index (χ4v) is 3.36. The summed E-state index contributed by atoms with van der Waals surface area (Å²) in [7, 11) is 1.82. The summed E-state index contributed by atoms with van der Waals surface area (Å²) >= 11 is 0. The third-order valence-electron chi connectivity index (χ3n) is 4.67. The van der Waals surface area contributed by atoms with Crippen molar-refractivity contribution in [2.45, 2.75) is 26.2 Å². The number of hydrogen-bond donors (Lipinski definition) is 1. The number of carbonyl (C=O) groups is 1. The van der Waals surface area contributed by atoms with Crippen LogP contribution in [0.3, 0.4) is 0 Å². The number of nitrogens with zero attached hydrogens (tertiary/aromatic N) is 4. The van der Waals surface area contributed by atoms with Gasteiger partial charge in [0.15, 0.2) is 0 Å². The smallest absolute Gasteiger partial charge is 0.263 e. The van der Waals surface area contributed by atoms with Crippen molar-refractivity contribution >= 4 is 28.5 Å². The predicted octanol–water partition coefficient (Wildman–Crippen LogP) is 2.80. The second-order valence-electron chi connectivity index (χ2n) is 6.36. The first-order chi connectivity index (χ1) is 12.0. The summed E-state index contributed by atoms with van der Waals surface area (Å²) in [6, 6.07) is 8.02. The molecule has 0 fully saturated rings. The van der Waals surface area contributed by atoms with Gasteiger partial charge in [-0.15, -0.1) is 0 Å². The van der Waals surface area contributed by atoms with Crippen molar-refractivity contribution in [1.82, 2.24) is 15.1 Å². The van der Waals surface area contributed by atoms with Gasteiger partial charge in [-0.25, -0.2) is 4.98 Å². The van der Waals surface area contributed by atoms with Gasteiger partial charge in [-0.1, -0.05) is 23.4 Å². The first kappa shape index (κ1) is 15.6. The molecule has 128 valence electrons.